The molecule has 4 heteroatoms. The quantitative estimate of drug-likeness (QED) is 0.836. The summed E-state index contributed by atoms with van der Waals surface area (Å²) in [5.41, 5.74) is 6.75. The summed E-state index contributed by atoms with van der Waals surface area (Å²) < 4.78 is 10.1. The second kappa shape index (κ2) is 5.20. The number of hydrogen-bond donors (Lipinski definition) is 1. The summed E-state index contributed by atoms with van der Waals surface area (Å²) in [6, 6.07) is 5.28. The molecule has 0 saturated heterocycles. The number of hydrogen-bond acceptors (Lipinski definition) is 3. The van der Waals surface area contributed by atoms with Gasteiger partial charge in [0.05, 0.1) is 24.8 Å². The Kier molecular flexibility index (Phi) is 4.20. The van der Waals surface area contributed by atoms with Gasteiger partial charge in [0.2, 0.25) is 0 Å². The van der Waals surface area contributed by atoms with E-state index in [0.717, 1.165) is 5.56 Å². The summed E-state index contributed by atoms with van der Waals surface area (Å²) in [7, 11) is 3.18. The van der Waals surface area contributed by atoms with Crippen LogP contribution in [0.3, 0.4) is 0 Å². The van der Waals surface area contributed by atoms with Crippen molar-refractivity contribution in [2.24, 2.45) is 5.73 Å². The molecule has 14 heavy (non-hydrogen) atoms. The molecule has 0 aromatic heterocycles. The van der Waals surface area contributed by atoms with Crippen LogP contribution in [0.5, 0.6) is 5.75 Å². The first-order valence-electron chi connectivity index (χ1n) is 4.27. The summed E-state index contributed by atoms with van der Waals surface area (Å²) in [6.45, 7) is 0.441. The van der Waals surface area contributed by atoms with Crippen LogP contribution in [0.2, 0.25) is 5.02 Å². The van der Waals surface area contributed by atoms with Gasteiger partial charge in [0.1, 0.15) is 5.75 Å². The van der Waals surface area contributed by atoms with Crippen molar-refractivity contribution in [3.05, 3.63) is 28.8 Å². The molecule has 1 atom stereocenters. The van der Waals surface area contributed by atoms with E-state index in [1.807, 2.05) is 12.1 Å². The minimum absolute atomic E-state index is 0.214. The largest absolute Gasteiger partial charge is 0.495 e. The van der Waals surface area contributed by atoms with E-state index in [0.29, 0.717) is 17.4 Å². The average Bonchev–Trinajstić information content (AvgIpc) is 2.17. The Morgan fingerprint density at radius 3 is 2.71 bits per heavy atom. The first kappa shape index (κ1) is 11.3. The Balaban J connectivity index is 3.00. The van der Waals surface area contributed by atoms with Gasteiger partial charge in [-0.15, -0.1) is 0 Å². The van der Waals surface area contributed by atoms with Crippen LogP contribution in [0.25, 0.3) is 0 Å². The average molecular weight is 216 g/mol. The molecule has 0 heterocycles. The molecule has 0 amide bonds. The zero-order chi connectivity index (χ0) is 10.6. The van der Waals surface area contributed by atoms with Crippen molar-refractivity contribution in [1.29, 1.82) is 0 Å². The Morgan fingerprint density at radius 2 is 2.14 bits per heavy atom. The van der Waals surface area contributed by atoms with E-state index in [4.69, 9.17) is 26.8 Å². The van der Waals surface area contributed by atoms with Gasteiger partial charge in [-0.1, -0.05) is 23.7 Å². The highest BCUT2D eigenvalue weighted by molar-refractivity contribution is 6.32. The van der Waals surface area contributed by atoms with Crippen molar-refractivity contribution >= 4 is 11.6 Å². The Morgan fingerprint density at radius 1 is 1.43 bits per heavy atom. The highest BCUT2D eigenvalue weighted by atomic mass is 35.5. The number of nitrogens with two attached hydrogens (primary N) is 1. The smallest absolute Gasteiger partial charge is 0.142 e. The normalized spacial score (nSPS) is 12.6. The molecule has 0 fully saturated rings. The fraction of sp³-hybridized carbons (Fsp3) is 0.400. The Bertz CT molecular complexity index is 304. The fourth-order valence-corrected chi connectivity index (χ4v) is 1.56. The number of halogens is 1. The molecule has 78 valence electrons. The zero-order valence-corrected chi connectivity index (χ0v) is 9.04. The van der Waals surface area contributed by atoms with Gasteiger partial charge in [0.15, 0.2) is 0 Å². The molecular formula is C10H14ClNO2. The third-order valence-corrected chi connectivity index (χ3v) is 2.24. The molecule has 1 aromatic carbocycles. The molecule has 0 bridgehead atoms. The highest BCUT2D eigenvalue weighted by Crippen LogP contribution is 2.31. The third kappa shape index (κ3) is 2.38. The minimum atomic E-state index is -0.214. The minimum Gasteiger partial charge on any atom is -0.495 e. The first-order valence-corrected chi connectivity index (χ1v) is 4.65. The molecule has 0 aliphatic carbocycles. The number of para-hydroxylation sites is 1. The molecule has 0 radical (unpaired) electrons. The van der Waals surface area contributed by atoms with Crippen molar-refractivity contribution in [2.45, 2.75) is 6.04 Å². The summed E-state index contributed by atoms with van der Waals surface area (Å²) >= 11 is 5.95. The van der Waals surface area contributed by atoms with E-state index in [2.05, 4.69) is 0 Å². The maximum atomic E-state index is 5.95. The van der Waals surface area contributed by atoms with E-state index < -0.39 is 0 Å². The monoisotopic (exact) mass is 215 g/mol. The molecule has 0 spiro atoms. The summed E-state index contributed by atoms with van der Waals surface area (Å²) in [5.74, 6) is 0.624. The van der Waals surface area contributed by atoms with Crippen molar-refractivity contribution in [3.63, 3.8) is 0 Å². The lowest BCUT2D eigenvalue weighted by Gasteiger charge is -2.15. The van der Waals surface area contributed by atoms with Crippen molar-refractivity contribution in [1.82, 2.24) is 0 Å². The molecule has 0 aliphatic heterocycles. The van der Waals surface area contributed by atoms with Gasteiger partial charge in [-0.05, 0) is 6.07 Å². The van der Waals surface area contributed by atoms with Crippen molar-refractivity contribution in [2.75, 3.05) is 20.8 Å². The van der Waals surface area contributed by atoms with Crippen LogP contribution in [-0.4, -0.2) is 20.8 Å². The van der Waals surface area contributed by atoms with E-state index in [1.165, 1.54) is 0 Å². The topological polar surface area (TPSA) is 44.5 Å². The van der Waals surface area contributed by atoms with Crippen molar-refractivity contribution < 1.29 is 9.47 Å². The number of ether oxygens (including phenoxy) is 2. The number of benzene rings is 1. The third-order valence-electron chi connectivity index (χ3n) is 1.95. The molecule has 1 aromatic rings. The van der Waals surface area contributed by atoms with Crippen LogP contribution in [-0.2, 0) is 4.74 Å². The zero-order valence-electron chi connectivity index (χ0n) is 8.29. The van der Waals surface area contributed by atoms with Crippen LogP contribution >= 0.6 is 11.6 Å². The summed E-state index contributed by atoms with van der Waals surface area (Å²) in [6.07, 6.45) is 0. The second-order valence-corrected chi connectivity index (χ2v) is 3.33. The molecule has 0 unspecified atom stereocenters. The predicted octanol–water partition coefficient (Wildman–Crippen LogP) is 1.99. The maximum absolute atomic E-state index is 5.95. The first-order chi connectivity index (χ1) is 6.70. The highest BCUT2D eigenvalue weighted by Gasteiger charge is 2.13. The molecule has 0 saturated carbocycles. The predicted molar refractivity (Wildman–Crippen MR) is 56.8 cm³/mol. The van der Waals surface area contributed by atoms with Gasteiger partial charge >= 0.3 is 0 Å². The van der Waals surface area contributed by atoms with E-state index in [1.54, 1.807) is 20.3 Å². The van der Waals surface area contributed by atoms with Crippen LogP contribution in [0.15, 0.2) is 18.2 Å². The van der Waals surface area contributed by atoms with Gasteiger partial charge < -0.3 is 15.2 Å². The van der Waals surface area contributed by atoms with Gasteiger partial charge in [-0.2, -0.15) is 0 Å². The van der Waals surface area contributed by atoms with Crippen LogP contribution in [0, 0.1) is 0 Å². The number of methoxy groups -OCH3 is 2. The molecular weight excluding hydrogens is 202 g/mol. The van der Waals surface area contributed by atoms with Crippen LogP contribution in [0.1, 0.15) is 11.6 Å². The van der Waals surface area contributed by atoms with Crippen LogP contribution in [0.4, 0.5) is 0 Å². The lowest BCUT2D eigenvalue weighted by molar-refractivity contribution is 0.179. The van der Waals surface area contributed by atoms with Gasteiger partial charge in [0.25, 0.3) is 0 Å². The van der Waals surface area contributed by atoms with Gasteiger partial charge in [0, 0.05) is 12.7 Å². The Hall–Kier alpha value is -0.770. The summed E-state index contributed by atoms with van der Waals surface area (Å²) in [5, 5.41) is 0.566. The van der Waals surface area contributed by atoms with Crippen LogP contribution < -0.4 is 10.5 Å². The van der Waals surface area contributed by atoms with E-state index >= 15 is 0 Å². The summed E-state index contributed by atoms with van der Waals surface area (Å²) in [4.78, 5) is 0. The lowest BCUT2D eigenvalue weighted by Crippen LogP contribution is -2.17. The SMILES string of the molecule is COC[C@H](N)c1cccc(Cl)c1OC. The molecule has 0 aliphatic rings. The van der Waals surface area contributed by atoms with Gasteiger partial charge in [-0.3, -0.25) is 0 Å². The standard InChI is InChI=1S/C10H14ClNO2/c1-13-6-9(12)7-4-3-5-8(11)10(7)14-2/h3-5,9H,6,12H2,1-2H3/t9-/m0/s1. The molecule has 1 rings (SSSR count). The number of rotatable bonds is 4. The second-order valence-electron chi connectivity index (χ2n) is 2.92. The Labute approximate surface area is 88.8 Å². The fourth-order valence-electron chi connectivity index (χ4n) is 1.30. The maximum Gasteiger partial charge on any atom is 0.142 e. The molecule has 2 N–H and O–H groups in total. The van der Waals surface area contributed by atoms with Crippen molar-refractivity contribution in [3.8, 4) is 5.75 Å². The lowest BCUT2D eigenvalue weighted by atomic mass is 10.1. The van der Waals surface area contributed by atoms with E-state index in [9.17, 15) is 0 Å². The van der Waals surface area contributed by atoms with Gasteiger partial charge in [-0.25, -0.2) is 0 Å². The molecule has 3 nitrogen and oxygen atoms in total. The van der Waals surface area contributed by atoms with E-state index in [-0.39, 0.29) is 6.04 Å².